The fraction of sp³-hybridized carbons (Fsp3) is 0.467. The van der Waals surface area contributed by atoms with Crippen LogP contribution < -0.4 is 5.73 Å². The van der Waals surface area contributed by atoms with E-state index in [1.165, 1.54) is 0 Å². The van der Waals surface area contributed by atoms with Gasteiger partial charge < -0.3 is 15.6 Å². The lowest BCUT2D eigenvalue weighted by molar-refractivity contribution is -0.133. The molecule has 1 amide bonds. The molecule has 0 bridgehead atoms. The summed E-state index contributed by atoms with van der Waals surface area (Å²) in [6.07, 6.45) is 2.06. The molecule has 5 nitrogen and oxygen atoms in total. The van der Waals surface area contributed by atoms with Gasteiger partial charge in [0.25, 0.3) is 0 Å². The summed E-state index contributed by atoms with van der Waals surface area (Å²) in [5.74, 6) is 1.29. The van der Waals surface area contributed by atoms with Crippen molar-refractivity contribution in [2.45, 2.75) is 31.7 Å². The number of aromatic amines is 1. The van der Waals surface area contributed by atoms with Crippen LogP contribution in [0.15, 0.2) is 24.3 Å². The molecular formula is C15H20N4O. The predicted molar refractivity (Wildman–Crippen MR) is 78.3 cm³/mol. The number of likely N-dealkylation sites (tertiary alicyclic amines) is 1. The van der Waals surface area contributed by atoms with E-state index in [0.717, 1.165) is 36.2 Å². The molecule has 1 aromatic heterocycles. The van der Waals surface area contributed by atoms with Crippen LogP contribution in [0.4, 0.5) is 0 Å². The van der Waals surface area contributed by atoms with Crippen molar-refractivity contribution < 1.29 is 4.79 Å². The summed E-state index contributed by atoms with van der Waals surface area (Å²) in [5.41, 5.74) is 7.74. The topological polar surface area (TPSA) is 75.0 Å². The summed E-state index contributed by atoms with van der Waals surface area (Å²) in [7, 11) is 0. The van der Waals surface area contributed by atoms with Crippen LogP contribution in [0.3, 0.4) is 0 Å². The maximum absolute atomic E-state index is 12.0. The van der Waals surface area contributed by atoms with E-state index in [2.05, 4.69) is 9.97 Å². The summed E-state index contributed by atoms with van der Waals surface area (Å²) in [4.78, 5) is 21.9. The molecule has 0 radical (unpaired) electrons. The number of nitrogens with two attached hydrogens (primary N) is 1. The number of fused-ring (bicyclic) bond motifs is 1. The monoisotopic (exact) mass is 272 g/mol. The number of piperidine rings is 1. The van der Waals surface area contributed by atoms with Crippen LogP contribution in [0, 0.1) is 0 Å². The Morgan fingerprint density at radius 3 is 3.05 bits per heavy atom. The molecule has 2 atom stereocenters. The fourth-order valence-corrected chi connectivity index (χ4v) is 2.85. The highest BCUT2D eigenvalue weighted by atomic mass is 16.2. The number of carbonyl (C=O) groups excluding carboxylic acids is 1. The van der Waals surface area contributed by atoms with E-state index in [1.807, 2.05) is 29.2 Å². The van der Waals surface area contributed by atoms with Gasteiger partial charge in [0.2, 0.25) is 5.91 Å². The third-order valence-electron chi connectivity index (χ3n) is 3.92. The maximum atomic E-state index is 12.0. The molecule has 2 aromatic rings. The molecule has 3 N–H and O–H groups in total. The molecule has 3 rings (SSSR count). The van der Waals surface area contributed by atoms with Gasteiger partial charge in [-0.05, 0) is 31.9 Å². The number of aromatic nitrogens is 2. The molecule has 0 saturated carbocycles. The van der Waals surface area contributed by atoms with E-state index in [4.69, 9.17) is 5.73 Å². The van der Waals surface area contributed by atoms with E-state index < -0.39 is 6.04 Å². The number of para-hydroxylation sites is 2. The Labute approximate surface area is 118 Å². The van der Waals surface area contributed by atoms with Crippen LogP contribution in [0.2, 0.25) is 0 Å². The van der Waals surface area contributed by atoms with Crippen molar-refractivity contribution in [3.8, 4) is 0 Å². The average Bonchev–Trinajstić information content (AvgIpc) is 2.90. The zero-order chi connectivity index (χ0) is 14.1. The second-order valence-electron chi connectivity index (χ2n) is 5.55. The quantitative estimate of drug-likeness (QED) is 0.872. The molecule has 2 heterocycles. The Bertz CT molecular complexity index is 586. The van der Waals surface area contributed by atoms with Crippen molar-refractivity contribution >= 4 is 16.9 Å². The minimum atomic E-state index is -0.426. The van der Waals surface area contributed by atoms with Gasteiger partial charge in [-0.2, -0.15) is 0 Å². The Kier molecular flexibility index (Phi) is 3.44. The van der Waals surface area contributed by atoms with Gasteiger partial charge in [0.15, 0.2) is 0 Å². The summed E-state index contributed by atoms with van der Waals surface area (Å²) < 4.78 is 0. The van der Waals surface area contributed by atoms with Crippen LogP contribution >= 0.6 is 0 Å². The van der Waals surface area contributed by atoms with E-state index in [1.54, 1.807) is 6.92 Å². The van der Waals surface area contributed by atoms with Crippen molar-refractivity contribution in [3.05, 3.63) is 30.1 Å². The fourth-order valence-electron chi connectivity index (χ4n) is 2.85. The minimum absolute atomic E-state index is 0.0332. The largest absolute Gasteiger partial charge is 0.342 e. The SMILES string of the molecule is C[C@H](N)C(=O)N1CCCC(c2nc3ccccc3[nH]2)C1. The van der Waals surface area contributed by atoms with Crippen molar-refractivity contribution in [2.75, 3.05) is 13.1 Å². The summed E-state index contributed by atoms with van der Waals surface area (Å²) in [6, 6.07) is 7.59. The van der Waals surface area contributed by atoms with E-state index in [0.29, 0.717) is 6.54 Å². The molecule has 106 valence electrons. The number of carbonyl (C=O) groups is 1. The summed E-state index contributed by atoms with van der Waals surface area (Å²) in [5, 5.41) is 0. The molecule has 1 aromatic carbocycles. The smallest absolute Gasteiger partial charge is 0.239 e. The molecule has 1 unspecified atom stereocenters. The van der Waals surface area contributed by atoms with Gasteiger partial charge in [-0.3, -0.25) is 4.79 Å². The van der Waals surface area contributed by atoms with Crippen molar-refractivity contribution in [1.29, 1.82) is 0 Å². The molecule has 20 heavy (non-hydrogen) atoms. The lowest BCUT2D eigenvalue weighted by atomic mass is 9.97. The highest BCUT2D eigenvalue weighted by Crippen LogP contribution is 2.26. The van der Waals surface area contributed by atoms with Gasteiger partial charge >= 0.3 is 0 Å². The molecular weight excluding hydrogens is 252 g/mol. The van der Waals surface area contributed by atoms with Crippen molar-refractivity contribution in [3.63, 3.8) is 0 Å². The normalized spacial score (nSPS) is 21.1. The number of nitrogens with zero attached hydrogens (tertiary/aromatic N) is 2. The summed E-state index contributed by atoms with van der Waals surface area (Å²) in [6.45, 7) is 3.25. The number of hydrogen-bond donors (Lipinski definition) is 2. The number of rotatable bonds is 2. The van der Waals surface area contributed by atoms with Crippen LogP contribution in [-0.4, -0.2) is 39.9 Å². The van der Waals surface area contributed by atoms with Crippen LogP contribution in [-0.2, 0) is 4.79 Å². The number of H-pyrrole nitrogens is 1. The van der Waals surface area contributed by atoms with Crippen molar-refractivity contribution in [2.24, 2.45) is 5.73 Å². The van der Waals surface area contributed by atoms with Crippen LogP contribution in [0.5, 0.6) is 0 Å². The first-order chi connectivity index (χ1) is 9.65. The van der Waals surface area contributed by atoms with Gasteiger partial charge in [0, 0.05) is 19.0 Å². The predicted octanol–water partition coefficient (Wildman–Crippen LogP) is 1.62. The number of hydrogen-bond acceptors (Lipinski definition) is 3. The standard InChI is InChI=1S/C15H20N4O/c1-10(16)15(20)19-8-4-5-11(9-19)14-17-12-6-2-3-7-13(12)18-14/h2-3,6-7,10-11H,4-5,8-9,16H2,1H3,(H,17,18)/t10-,11?/m0/s1. The van der Waals surface area contributed by atoms with E-state index >= 15 is 0 Å². The first-order valence-corrected chi connectivity index (χ1v) is 7.14. The van der Waals surface area contributed by atoms with Gasteiger partial charge in [-0.15, -0.1) is 0 Å². The number of imidazole rings is 1. The molecule has 1 saturated heterocycles. The van der Waals surface area contributed by atoms with E-state index in [9.17, 15) is 4.79 Å². The molecule has 1 aliphatic rings. The number of nitrogens with one attached hydrogen (secondary N) is 1. The molecule has 0 aliphatic carbocycles. The van der Waals surface area contributed by atoms with E-state index in [-0.39, 0.29) is 11.8 Å². The lowest BCUT2D eigenvalue weighted by Gasteiger charge is -2.32. The Morgan fingerprint density at radius 1 is 1.50 bits per heavy atom. The zero-order valence-electron chi connectivity index (χ0n) is 11.7. The highest BCUT2D eigenvalue weighted by molar-refractivity contribution is 5.81. The third-order valence-corrected chi connectivity index (χ3v) is 3.92. The average molecular weight is 272 g/mol. The van der Waals surface area contributed by atoms with Gasteiger partial charge in [0.05, 0.1) is 17.1 Å². The summed E-state index contributed by atoms with van der Waals surface area (Å²) >= 11 is 0. The Balaban J connectivity index is 1.81. The van der Waals surface area contributed by atoms with Gasteiger partial charge in [-0.25, -0.2) is 4.98 Å². The lowest BCUT2D eigenvalue weighted by Crippen LogP contribution is -2.46. The maximum Gasteiger partial charge on any atom is 0.239 e. The van der Waals surface area contributed by atoms with Gasteiger partial charge in [0.1, 0.15) is 5.82 Å². The molecule has 1 fully saturated rings. The Hall–Kier alpha value is -1.88. The zero-order valence-corrected chi connectivity index (χ0v) is 11.7. The first kappa shape index (κ1) is 13.1. The number of benzene rings is 1. The second-order valence-corrected chi connectivity index (χ2v) is 5.55. The number of amides is 1. The molecule has 0 spiro atoms. The molecule has 5 heteroatoms. The van der Waals surface area contributed by atoms with Crippen molar-refractivity contribution in [1.82, 2.24) is 14.9 Å². The second kappa shape index (κ2) is 5.25. The van der Waals surface area contributed by atoms with Crippen LogP contribution in [0.1, 0.15) is 31.5 Å². The van der Waals surface area contributed by atoms with Gasteiger partial charge in [-0.1, -0.05) is 12.1 Å². The first-order valence-electron chi connectivity index (χ1n) is 7.14. The Morgan fingerprint density at radius 2 is 2.30 bits per heavy atom. The minimum Gasteiger partial charge on any atom is -0.342 e. The highest BCUT2D eigenvalue weighted by Gasteiger charge is 2.27. The van der Waals surface area contributed by atoms with Crippen LogP contribution in [0.25, 0.3) is 11.0 Å². The molecule has 1 aliphatic heterocycles. The third kappa shape index (κ3) is 2.41.